The van der Waals surface area contributed by atoms with Crippen LogP contribution in [0.3, 0.4) is 0 Å². The maximum absolute atomic E-state index is 13.1. The highest BCUT2D eigenvalue weighted by atomic mass is 16.2. The van der Waals surface area contributed by atoms with Crippen LogP contribution in [0, 0.1) is 0 Å². The molecule has 1 fully saturated rings. The molecule has 4 aromatic rings. The van der Waals surface area contributed by atoms with E-state index in [9.17, 15) is 9.59 Å². The molecule has 0 saturated heterocycles. The molecule has 5 rings (SSSR count). The van der Waals surface area contributed by atoms with Gasteiger partial charge in [-0.25, -0.2) is 0 Å². The van der Waals surface area contributed by atoms with E-state index >= 15 is 0 Å². The molecule has 0 spiro atoms. The molecule has 4 heteroatoms. The number of carbonyl (C=O) groups is 2. The lowest BCUT2D eigenvalue weighted by Gasteiger charge is -2.30. The normalized spacial score (nSPS) is 16.9. The smallest absolute Gasteiger partial charge is 0.221 e. The number of hydrogen-bond donors (Lipinski definition) is 2. The van der Waals surface area contributed by atoms with Crippen LogP contribution in [0.2, 0.25) is 0 Å². The molecule has 0 atom stereocenters. The summed E-state index contributed by atoms with van der Waals surface area (Å²) < 4.78 is 0. The first-order chi connectivity index (χ1) is 19.7. The van der Waals surface area contributed by atoms with E-state index < -0.39 is 0 Å². The fourth-order valence-corrected chi connectivity index (χ4v) is 5.92. The van der Waals surface area contributed by atoms with Crippen LogP contribution in [0.4, 0.5) is 0 Å². The fraction of sp³-hybridized carbons (Fsp3) is 0.278. The molecular formula is C36H38N2O2. The number of nitrogens with one attached hydrogen (secondary N) is 2. The Balaban J connectivity index is 1.13. The molecule has 40 heavy (non-hydrogen) atoms. The summed E-state index contributed by atoms with van der Waals surface area (Å²) in [6.45, 7) is 0. The van der Waals surface area contributed by atoms with Gasteiger partial charge in [-0.15, -0.1) is 0 Å². The van der Waals surface area contributed by atoms with E-state index in [-0.39, 0.29) is 35.7 Å². The first kappa shape index (κ1) is 27.4. The van der Waals surface area contributed by atoms with Crippen molar-refractivity contribution in [1.82, 2.24) is 10.6 Å². The summed E-state index contributed by atoms with van der Waals surface area (Å²) in [6.07, 6.45) is 4.34. The summed E-state index contributed by atoms with van der Waals surface area (Å²) in [5, 5.41) is 6.57. The Kier molecular flexibility index (Phi) is 9.41. The second-order valence-electron chi connectivity index (χ2n) is 10.8. The quantitative estimate of drug-likeness (QED) is 0.233. The first-order valence-corrected chi connectivity index (χ1v) is 14.4. The molecular weight excluding hydrogens is 492 g/mol. The van der Waals surface area contributed by atoms with E-state index in [1.165, 1.54) is 0 Å². The zero-order valence-corrected chi connectivity index (χ0v) is 22.9. The summed E-state index contributed by atoms with van der Waals surface area (Å²) in [5.74, 6) is 0.220. The molecule has 0 aromatic heterocycles. The van der Waals surface area contributed by atoms with E-state index in [0.29, 0.717) is 12.8 Å². The van der Waals surface area contributed by atoms with Gasteiger partial charge in [0.1, 0.15) is 0 Å². The molecule has 0 bridgehead atoms. The third kappa shape index (κ3) is 7.47. The fourth-order valence-electron chi connectivity index (χ4n) is 5.92. The number of hydrogen-bond acceptors (Lipinski definition) is 2. The van der Waals surface area contributed by atoms with Crippen molar-refractivity contribution >= 4 is 11.8 Å². The minimum atomic E-state index is 0.0280. The largest absolute Gasteiger partial charge is 0.353 e. The number of rotatable bonds is 10. The van der Waals surface area contributed by atoms with Gasteiger partial charge in [0.2, 0.25) is 11.8 Å². The lowest BCUT2D eigenvalue weighted by molar-refractivity contribution is -0.123. The van der Waals surface area contributed by atoms with Crippen molar-refractivity contribution < 1.29 is 9.59 Å². The van der Waals surface area contributed by atoms with Gasteiger partial charge < -0.3 is 10.6 Å². The van der Waals surface area contributed by atoms with Crippen LogP contribution in [0.15, 0.2) is 121 Å². The van der Waals surface area contributed by atoms with E-state index in [0.717, 1.165) is 47.9 Å². The van der Waals surface area contributed by atoms with Crippen LogP contribution in [0.5, 0.6) is 0 Å². The van der Waals surface area contributed by atoms with Crippen LogP contribution < -0.4 is 10.6 Å². The van der Waals surface area contributed by atoms with Gasteiger partial charge in [-0.3, -0.25) is 9.59 Å². The summed E-state index contributed by atoms with van der Waals surface area (Å²) in [4.78, 5) is 26.3. The highest BCUT2D eigenvalue weighted by molar-refractivity contribution is 5.78. The topological polar surface area (TPSA) is 58.2 Å². The highest BCUT2D eigenvalue weighted by Crippen LogP contribution is 2.30. The molecule has 4 aromatic carbocycles. The molecule has 204 valence electrons. The summed E-state index contributed by atoms with van der Waals surface area (Å²) in [6, 6.07) is 41.3. The lowest BCUT2D eigenvalue weighted by atomic mass is 9.87. The first-order valence-electron chi connectivity index (χ1n) is 14.4. The molecule has 1 saturated carbocycles. The van der Waals surface area contributed by atoms with E-state index in [4.69, 9.17) is 0 Å². The molecule has 1 aliphatic carbocycles. The van der Waals surface area contributed by atoms with Crippen molar-refractivity contribution in [1.29, 1.82) is 0 Å². The third-order valence-electron chi connectivity index (χ3n) is 8.04. The zero-order chi connectivity index (χ0) is 27.6. The van der Waals surface area contributed by atoms with Crippen molar-refractivity contribution in [3.05, 3.63) is 144 Å². The van der Waals surface area contributed by atoms with Crippen molar-refractivity contribution in [2.24, 2.45) is 0 Å². The second kappa shape index (κ2) is 13.7. The Morgan fingerprint density at radius 1 is 0.475 bits per heavy atom. The van der Waals surface area contributed by atoms with Crippen LogP contribution >= 0.6 is 0 Å². The molecule has 0 radical (unpaired) electrons. The van der Waals surface area contributed by atoms with E-state index in [2.05, 4.69) is 59.2 Å². The van der Waals surface area contributed by atoms with Gasteiger partial charge in [-0.2, -0.15) is 0 Å². The van der Waals surface area contributed by atoms with Crippen LogP contribution in [0.1, 0.15) is 72.6 Å². The highest BCUT2D eigenvalue weighted by Gasteiger charge is 2.26. The zero-order valence-electron chi connectivity index (χ0n) is 22.9. The van der Waals surface area contributed by atoms with Crippen molar-refractivity contribution in [3.63, 3.8) is 0 Å². The summed E-state index contributed by atoms with van der Waals surface area (Å²) >= 11 is 0. The number of amides is 2. The maximum atomic E-state index is 13.1. The number of carbonyl (C=O) groups excluding carboxylic acids is 2. The molecule has 2 amide bonds. The van der Waals surface area contributed by atoms with E-state index in [1.807, 2.05) is 72.8 Å². The van der Waals surface area contributed by atoms with Gasteiger partial charge in [0.15, 0.2) is 0 Å². The van der Waals surface area contributed by atoms with Gasteiger partial charge >= 0.3 is 0 Å². The SMILES string of the molecule is O=C(CC(c1ccccc1)c1ccccc1)NC1CCC(NC(=O)CC(c2ccccc2)c2ccccc2)CC1. The van der Waals surface area contributed by atoms with Crippen LogP contribution in [-0.2, 0) is 9.59 Å². The standard InChI is InChI=1S/C36H38N2O2/c39-35(25-33(27-13-5-1-6-14-27)28-15-7-2-8-16-28)37-31-21-23-32(24-22-31)38-36(40)26-34(29-17-9-3-10-18-29)30-19-11-4-12-20-30/h1-20,31-34H,21-26H2,(H,37,39)(H,38,40). The molecule has 0 aliphatic heterocycles. The lowest BCUT2D eigenvalue weighted by Crippen LogP contribution is -2.44. The average molecular weight is 531 g/mol. The molecule has 2 N–H and O–H groups in total. The van der Waals surface area contributed by atoms with Crippen molar-refractivity contribution in [2.75, 3.05) is 0 Å². The van der Waals surface area contributed by atoms with Gasteiger partial charge in [0.05, 0.1) is 0 Å². The van der Waals surface area contributed by atoms with Gasteiger partial charge in [-0.1, -0.05) is 121 Å². The average Bonchev–Trinajstić information content (AvgIpc) is 3.01. The predicted molar refractivity (Wildman–Crippen MR) is 161 cm³/mol. The minimum Gasteiger partial charge on any atom is -0.353 e. The second-order valence-corrected chi connectivity index (χ2v) is 10.8. The van der Waals surface area contributed by atoms with Crippen molar-refractivity contribution in [3.8, 4) is 0 Å². The molecule has 4 nitrogen and oxygen atoms in total. The molecule has 1 aliphatic rings. The van der Waals surface area contributed by atoms with E-state index in [1.54, 1.807) is 0 Å². The Morgan fingerprint density at radius 3 is 0.975 bits per heavy atom. The van der Waals surface area contributed by atoms with Crippen molar-refractivity contribution in [2.45, 2.75) is 62.4 Å². The summed E-state index contributed by atoms with van der Waals surface area (Å²) in [7, 11) is 0. The minimum absolute atomic E-state index is 0.0280. The van der Waals surface area contributed by atoms with Gasteiger partial charge in [0.25, 0.3) is 0 Å². The number of benzene rings is 4. The predicted octanol–water partition coefficient (Wildman–Crippen LogP) is 6.97. The molecule has 0 heterocycles. The van der Waals surface area contributed by atoms with Crippen LogP contribution in [-0.4, -0.2) is 23.9 Å². The van der Waals surface area contributed by atoms with Crippen LogP contribution in [0.25, 0.3) is 0 Å². The Morgan fingerprint density at radius 2 is 0.725 bits per heavy atom. The Bertz CT molecular complexity index is 1150. The Labute approximate surface area is 237 Å². The Hall–Kier alpha value is -4.18. The molecule has 0 unspecified atom stereocenters. The van der Waals surface area contributed by atoms with Gasteiger partial charge in [-0.05, 0) is 47.9 Å². The van der Waals surface area contributed by atoms with Gasteiger partial charge in [0, 0.05) is 36.8 Å². The monoisotopic (exact) mass is 530 g/mol. The third-order valence-corrected chi connectivity index (χ3v) is 8.04. The summed E-state index contributed by atoms with van der Waals surface area (Å²) in [5.41, 5.74) is 4.61. The maximum Gasteiger partial charge on any atom is 0.221 e.